The number of nitrogens with zero attached hydrogens (tertiary/aromatic N) is 2. The van der Waals surface area contributed by atoms with Gasteiger partial charge >= 0.3 is 0 Å². The largest absolute Gasteiger partial charge is 0.369 e. The van der Waals surface area contributed by atoms with Crippen molar-refractivity contribution in [2.24, 2.45) is 0 Å². The molecule has 0 aromatic heterocycles. The lowest BCUT2D eigenvalue weighted by Crippen LogP contribution is -2.50. The molecule has 1 aromatic carbocycles. The van der Waals surface area contributed by atoms with E-state index >= 15 is 0 Å². The molecule has 3 rings (SSSR count). The lowest BCUT2D eigenvalue weighted by molar-refractivity contribution is 0.187. The summed E-state index contributed by atoms with van der Waals surface area (Å²) in [5, 5.41) is 3.14. The van der Waals surface area contributed by atoms with Crippen molar-refractivity contribution in [3.05, 3.63) is 29.6 Å². The Labute approximate surface area is 127 Å². The van der Waals surface area contributed by atoms with Crippen LogP contribution in [-0.4, -0.2) is 44.2 Å². The minimum Gasteiger partial charge on any atom is -0.369 e. The number of rotatable bonds is 4. The summed E-state index contributed by atoms with van der Waals surface area (Å²) in [6, 6.07) is 6.00. The van der Waals surface area contributed by atoms with Crippen LogP contribution < -0.4 is 10.2 Å². The second kappa shape index (κ2) is 6.75. The first-order chi connectivity index (χ1) is 10.3. The number of hydrogen-bond acceptors (Lipinski definition) is 3. The molecule has 4 heteroatoms. The van der Waals surface area contributed by atoms with Gasteiger partial charge in [-0.2, -0.15) is 0 Å². The highest BCUT2D eigenvalue weighted by Crippen LogP contribution is 2.27. The van der Waals surface area contributed by atoms with Crippen molar-refractivity contribution in [2.75, 3.05) is 38.1 Å². The van der Waals surface area contributed by atoms with Crippen LogP contribution in [0, 0.1) is 5.82 Å². The van der Waals surface area contributed by atoms with Crippen LogP contribution >= 0.6 is 0 Å². The van der Waals surface area contributed by atoms with Crippen molar-refractivity contribution in [2.45, 2.75) is 38.3 Å². The highest BCUT2D eigenvalue weighted by atomic mass is 19.1. The summed E-state index contributed by atoms with van der Waals surface area (Å²) >= 11 is 0. The van der Waals surface area contributed by atoms with E-state index in [0.29, 0.717) is 0 Å². The Balaban J connectivity index is 1.66. The SMILES string of the molecule is CNCc1cc(F)ccc1N1CCN(C2CCCC2)CC1. The van der Waals surface area contributed by atoms with E-state index in [0.717, 1.165) is 44.3 Å². The number of halogens is 1. The first kappa shape index (κ1) is 14.8. The lowest BCUT2D eigenvalue weighted by Gasteiger charge is -2.39. The van der Waals surface area contributed by atoms with E-state index in [4.69, 9.17) is 0 Å². The Morgan fingerprint density at radius 3 is 2.52 bits per heavy atom. The summed E-state index contributed by atoms with van der Waals surface area (Å²) in [6.45, 7) is 5.11. The summed E-state index contributed by atoms with van der Waals surface area (Å²) < 4.78 is 13.4. The van der Waals surface area contributed by atoms with Gasteiger partial charge in [0.2, 0.25) is 0 Å². The Bertz CT molecular complexity index is 463. The van der Waals surface area contributed by atoms with E-state index in [9.17, 15) is 4.39 Å². The van der Waals surface area contributed by atoms with Gasteiger partial charge < -0.3 is 10.2 Å². The van der Waals surface area contributed by atoms with E-state index < -0.39 is 0 Å². The summed E-state index contributed by atoms with van der Waals surface area (Å²) in [5.41, 5.74) is 2.25. The molecule has 1 heterocycles. The van der Waals surface area contributed by atoms with Gasteiger partial charge in [0, 0.05) is 44.5 Å². The van der Waals surface area contributed by atoms with Crippen LogP contribution in [0.3, 0.4) is 0 Å². The van der Waals surface area contributed by atoms with Gasteiger partial charge in [-0.25, -0.2) is 4.39 Å². The molecular weight excluding hydrogens is 265 g/mol. The molecule has 1 aromatic rings. The van der Waals surface area contributed by atoms with Crippen molar-refractivity contribution < 1.29 is 4.39 Å². The minimum absolute atomic E-state index is 0.145. The zero-order valence-electron chi connectivity index (χ0n) is 12.9. The molecule has 1 saturated carbocycles. The molecule has 116 valence electrons. The molecular formula is C17H26FN3. The molecule has 1 aliphatic carbocycles. The summed E-state index contributed by atoms with van der Waals surface area (Å²) in [6.07, 6.45) is 5.55. The predicted octanol–water partition coefficient (Wildman–Crippen LogP) is 2.61. The second-order valence-electron chi connectivity index (χ2n) is 6.26. The smallest absolute Gasteiger partial charge is 0.123 e. The maximum absolute atomic E-state index is 13.4. The van der Waals surface area contributed by atoms with Gasteiger partial charge in [-0.05, 0) is 43.7 Å². The topological polar surface area (TPSA) is 18.5 Å². The third kappa shape index (κ3) is 3.38. The molecule has 0 spiro atoms. The van der Waals surface area contributed by atoms with Gasteiger partial charge in [0.15, 0.2) is 0 Å². The zero-order valence-corrected chi connectivity index (χ0v) is 12.9. The van der Waals surface area contributed by atoms with Gasteiger partial charge in [-0.3, -0.25) is 4.90 Å². The standard InChI is InChI=1S/C17H26FN3/c1-19-13-14-12-15(18)6-7-17(14)21-10-8-20(9-11-21)16-4-2-3-5-16/h6-7,12,16,19H,2-5,8-11,13H2,1H3. The van der Waals surface area contributed by atoms with Crippen LogP contribution in [0.1, 0.15) is 31.2 Å². The zero-order chi connectivity index (χ0) is 14.7. The van der Waals surface area contributed by atoms with Crippen LogP contribution in [0.2, 0.25) is 0 Å². The molecule has 1 aliphatic heterocycles. The van der Waals surface area contributed by atoms with Crippen molar-refractivity contribution in [1.29, 1.82) is 0 Å². The molecule has 21 heavy (non-hydrogen) atoms. The first-order valence-electron chi connectivity index (χ1n) is 8.20. The van der Waals surface area contributed by atoms with Gasteiger partial charge in [0.05, 0.1) is 0 Å². The highest BCUT2D eigenvalue weighted by Gasteiger charge is 2.26. The molecule has 0 atom stereocenters. The van der Waals surface area contributed by atoms with Crippen molar-refractivity contribution in [1.82, 2.24) is 10.2 Å². The number of piperazine rings is 1. The van der Waals surface area contributed by atoms with Crippen LogP contribution in [0.25, 0.3) is 0 Å². The molecule has 0 amide bonds. The fourth-order valence-electron chi connectivity index (χ4n) is 3.79. The summed E-state index contributed by atoms with van der Waals surface area (Å²) in [7, 11) is 1.91. The van der Waals surface area contributed by atoms with E-state index in [2.05, 4.69) is 15.1 Å². The number of benzene rings is 1. The summed E-state index contributed by atoms with van der Waals surface area (Å²) in [4.78, 5) is 5.07. The first-order valence-corrected chi connectivity index (χ1v) is 8.20. The molecule has 2 aliphatic rings. The lowest BCUT2D eigenvalue weighted by atomic mass is 10.1. The molecule has 1 saturated heterocycles. The van der Waals surface area contributed by atoms with E-state index in [-0.39, 0.29) is 5.82 Å². The maximum Gasteiger partial charge on any atom is 0.123 e. The van der Waals surface area contributed by atoms with Crippen LogP contribution in [0.5, 0.6) is 0 Å². The van der Waals surface area contributed by atoms with E-state index in [1.54, 1.807) is 12.1 Å². The maximum atomic E-state index is 13.4. The Morgan fingerprint density at radius 2 is 1.86 bits per heavy atom. The third-order valence-electron chi connectivity index (χ3n) is 4.90. The Hall–Kier alpha value is -1.13. The predicted molar refractivity (Wildman–Crippen MR) is 85.2 cm³/mol. The van der Waals surface area contributed by atoms with Crippen molar-refractivity contribution >= 4 is 5.69 Å². The number of hydrogen-bond donors (Lipinski definition) is 1. The highest BCUT2D eigenvalue weighted by molar-refractivity contribution is 5.54. The van der Waals surface area contributed by atoms with Crippen LogP contribution in [0.15, 0.2) is 18.2 Å². The molecule has 3 nitrogen and oxygen atoms in total. The minimum atomic E-state index is -0.145. The quantitative estimate of drug-likeness (QED) is 0.920. The monoisotopic (exact) mass is 291 g/mol. The normalized spacial score (nSPS) is 21.1. The second-order valence-corrected chi connectivity index (χ2v) is 6.26. The third-order valence-corrected chi connectivity index (χ3v) is 4.90. The van der Waals surface area contributed by atoms with Crippen LogP contribution in [0.4, 0.5) is 10.1 Å². The molecule has 2 fully saturated rings. The van der Waals surface area contributed by atoms with Crippen molar-refractivity contribution in [3.8, 4) is 0 Å². The van der Waals surface area contributed by atoms with Gasteiger partial charge in [-0.15, -0.1) is 0 Å². The van der Waals surface area contributed by atoms with Gasteiger partial charge in [0.25, 0.3) is 0 Å². The van der Waals surface area contributed by atoms with Crippen LogP contribution in [-0.2, 0) is 6.54 Å². The number of anilines is 1. The fourth-order valence-corrected chi connectivity index (χ4v) is 3.79. The van der Waals surface area contributed by atoms with Crippen molar-refractivity contribution in [3.63, 3.8) is 0 Å². The van der Waals surface area contributed by atoms with Gasteiger partial charge in [-0.1, -0.05) is 12.8 Å². The molecule has 1 N–H and O–H groups in total. The van der Waals surface area contributed by atoms with Gasteiger partial charge in [0.1, 0.15) is 5.82 Å². The van der Waals surface area contributed by atoms with E-state index in [1.165, 1.54) is 31.4 Å². The number of nitrogens with one attached hydrogen (secondary N) is 1. The summed E-state index contributed by atoms with van der Waals surface area (Å²) in [5.74, 6) is -0.145. The molecule has 0 unspecified atom stereocenters. The average Bonchev–Trinajstić information content (AvgIpc) is 3.02. The Morgan fingerprint density at radius 1 is 1.14 bits per heavy atom. The fraction of sp³-hybridized carbons (Fsp3) is 0.647. The average molecular weight is 291 g/mol. The molecule has 0 radical (unpaired) electrons. The Kier molecular flexibility index (Phi) is 4.76. The molecule has 0 bridgehead atoms. The van der Waals surface area contributed by atoms with E-state index in [1.807, 2.05) is 13.1 Å².